The molecule has 3 heterocycles. The number of carbonyl (C=O) groups is 1. The number of piperidine rings is 1. The summed E-state index contributed by atoms with van der Waals surface area (Å²) in [5, 5.41) is 2.99. The number of benzene rings is 1. The Balaban J connectivity index is 1.36. The van der Waals surface area contributed by atoms with Crippen LogP contribution < -0.4 is 14.8 Å². The lowest BCUT2D eigenvalue weighted by molar-refractivity contribution is 0.116. The van der Waals surface area contributed by atoms with Crippen LogP contribution in [0.15, 0.2) is 18.2 Å². The Morgan fingerprint density at radius 2 is 2.04 bits per heavy atom. The van der Waals surface area contributed by atoms with Gasteiger partial charge in [-0.25, -0.2) is 4.79 Å². The Hall–Kier alpha value is -1.95. The van der Waals surface area contributed by atoms with Crippen LogP contribution in [0.4, 0.5) is 4.79 Å². The van der Waals surface area contributed by atoms with Crippen LogP contribution in [-0.2, 0) is 4.74 Å². The van der Waals surface area contributed by atoms with E-state index in [1.54, 1.807) is 0 Å². The molecule has 4 aliphatic rings. The summed E-state index contributed by atoms with van der Waals surface area (Å²) in [6.45, 7) is 3.14. The number of nitrogens with one attached hydrogen (secondary N) is 1. The molecule has 1 amide bonds. The van der Waals surface area contributed by atoms with E-state index in [9.17, 15) is 4.79 Å². The van der Waals surface area contributed by atoms with Crippen LogP contribution in [0.25, 0.3) is 0 Å². The Morgan fingerprint density at radius 1 is 1.17 bits per heavy atom. The predicted octanol–water partition coefficient (Wildman–Crippen LogP) is 2.09. The molecule has 2 bridgehead atoms. The van der Waals surface area contributed by atoms with Crippen molar-refractivity contribution in [1.82, 2.24) is 10.2 Å². The maximum atomic E-state index is 11.9. The lowest BCUT2D eigenvalue weighted by Gasteiger charge is -2.30. The van der Waals surface area contributed by atoms with E-state index in [4.69, 9.17) is 14.2 Å². The average Bonchev–Trinajstić information content (AvgIpc) is 3.30. The van der Waals surface area contributed by atoms with Gasteiger partial charge in [0.05, 0.1) is 6.04 Å². The highest BCUT2D eigenvalue weighted by atomic mass is 16.6. The Kier molecular flexibility index (Phi) is 3.33. The van der Waals surface area contributed by atoms with Crippen LogP contribution in [0.3, 0.4) is 0 Å². The van der Waals surface area contributed by atoms with Gasteiger partial charge in [0, 0.05) is 19.1 Å². The van der Waals surface area contributed by atoms with Gasteiger partial charge in [-0.1, -0.05) is 6.07 Å². The van der Waals surface area contributed by atoms with E-state index in [2.05, 4.69) is 10.2 Å². The van der Waals surface area contributed by atoms with Gasteiger partial charge < -0.3 is 19.5 Å². The fraction of sp³-hybridized carbons (Fsp3) is 0.611. The molecule has 1 aromatic carbocycles. The number of fused-ring (bicyclic) bond motifs is 3. The normalized spacial score (nSPS) is 34.2. The van der Waals surface area contributed by atoms with E-state index in [1.807, 2.05) is 18.2 Å². The van der Waals surface area contributed by atoms with Gasteiger partial charge in [-0.15, -0.1) is 0 Å². The minimum absolute atomic E-state index is 0.0144. The number of hydrogen-bond donors (Lipinski definition) is 1. The first-order chi connectivity index (χ1) is 11.8. The summed E-state index contributed by atoms with van der Waals surface area (Å²) < 4.78 is 16.8. The molecule has 24 heavy (non-hydrogen) atoms. The largest absolute Gasteiger partial charge is 0.486 e. The van der Waals surface area contributed by atoms with Gasteiger partial charge in [0.15, 0.2) is 17.6 Å². The van der Waals surface area contributed by atoms with Crippen LogP contribution in [-0.4, -0.2) is 49.4 Å². The molecule has 128 valence electrons. The number of nitrogens with zero attached hydrogens (tertiary/aromatic N) is 1. The Morgan fingerprint density at radius 3 is 2.83 bits per heavy atom. The van der Waals surface area contributed by atoms with Gasteiger partial charge in [0.1, 0.15) is 13.2 Å². The van der Waals surface area contributed by atoms with Crippen molar-refractivity contribution >= 4 is 6.09 Å². The van der Waals surface area contributed by atoms with Gasteiger partial charge in [0.2, 0.25) is 0 Å². The maximum Gasteiger partial charge on any atom is 0.408 e. The van der Waals surface area contributed by atoms with Crippen molar-refractivity contribution in [3.05, 3.63) is 23.8 Å². The summed E-state index contributed by atoms with van der Waals surface area (Å²) in [5.41, 5.74) is 0.965. The van der Waals surface area contributed by atoms with Crippen molar-refractivity contribution in [1.29, 1.82) is 0 Å². The summed E-state index contributed by atoms with van der Waals surface area (Å²) >= 11 is 0. The van der Waals surface area contributed by atoms with E-state index in [-0.39, 0.29) is 18.2 Å². The lowest BCUT2D eigenvalue weighted by Crippen LogP contribution is -2.44. The molecule has 1 aromatic rings. The zero-order valence-electron chi connectivity index (χ0n) is 13.6. The van der Waals surface area contributed by atoms with Crippen molar-refractivity contribution in [2.75, 3.05) is 26.3 Å². The molecule has 1 N–H and O–H groups in total. The molecule has 4 atom stereocenters. The topological polar surface area (TPSA) is 60.0 Å². The summed E-state index contributed by atoms with van der Waals surface area (Å²) in [4.78, 5) is 14.4. The molecular formula is C18H22N2O4. The summed E-state index contributed by atoms with van der Waals surface area (Å²) in [5.74, 6) is 2.34. The highest BCUT2D eigenvalue weighted by Gasteiger charge is 2.42. The molecule has 1 aliphatic carbocycles. The molecule has 1 saturated carbocycles. The minimum Gasteiger partial charge on any atom is -0.486 e. The van der Waals surface area contributed by atoms with Crippen LogP contribution in [0.2, 0.25) is 0 Å². The lowest BCUT2D eigenvalue weighted by atomic mass is 10.0. The fourth-order valence-electron chi connectivity index (χ4n) is 4.64. The number of hydrogen-bond acceptors (Lipinski definition) is 5. The fourth-order valence-corrected chi connectivity index (χ4v) is 4.64. The van der Waals surface area contributed by atoms with Crippen molar-refractivity contribution in [2.24, 2.45) is 5.92 Å². The van der Waals surface area contributed by atoms with Gasteiger partial charge in [-0.05, 0) is 42.9 Å². The van der Waals surface area contributed by atoms with Crippen molar-refractivity contribution in [3.8, 4) is 11.5 Å². The maximum absolute atomic E-state index is 11.9. The van der Waals surface area contributed by atoms with E-state index >= 15 is 0 Å². The number of rotatable bonds is 3. The van der Waals surface area contributed by atoms with Gasteiger partial charge in [0.25, 0.3) is 0 Å². The van der Waals surface area contributed by atoms with Crippen molar-refractivity contribution in [2.45, 2.75) is 37.5 Å². The van der Waals surface area contributed by atoms with Gasteiger partial charge >= 0.3 is 6.09 Å². The molecule has 6 nitrogen and oxygen atoms in total. The van der Waals surface area contributed by atoms with Crippen LogP contribution in [0.5, 0.6) is 11.5 Å². The second kappa shape index (κ2) is 5.55. The molecule has 3 aliphatic heterocycles. The molecule has 6 heteroatoms. The van der Waals surface area contributed by atoms with Crippen LogP contribution in [0, 0.1) is 5.92 Å². The summed E-state index contributed by atoms with van der Waals surface area (Å²) in [7, 11) is 0. The van der Waals surface area contributed by atoms with E-state index in [0.717, 1.165) is 36.1 Å². The Labute approximate surface area is 141 Å². The highest BCUT2D eigenvalue weighted by Crippen LogP contribution is 2.40. The second-order valence-corrected chi connectivity index (χ2v) is 7.27. The number of alkyl carbamates (subject to hydrolysis) is 1. The number of cyclic esters (lactones) is 1. The molecule has 4 unspecified atom stereocenters. The van der Waals surface area contributed by atoms with E-state index in [1.165, 1.54) is 19.3 Å². The first-order valence-electron chi connectivity index (χ1n) is 8.87. The Bertz CT molecular complexity index is 664. The molecule has 5 rings (SSSR count). The van der Waals surface area contributed by atoms with E-state index < -0.39 is 0 Å². The SMILES string of the molecule is O=C1NC(CN2CC3CCC2C3)C(c2ccc3c(c2)OCCO3)O1. The van der Waals surface area contributed by atoms with Crippen molar-refractivity contribution < 1.29 is 19.0 Å². The number of amides is 1. The van der Waals surface area contributed by atoms with Gasteiger partial charge in [-0.3, -0.25) is 4.90 Å². The second-order valence-electron chi connectivity index (χ2n) is 7.27. The molecule has 0 aromatic heterocycles. The van der Waals surface area contributed by atoms with E-state index in [0.29, 0.717) is 19.3 Å². The molecule has 2 saturated heterocycles. The predicted molar refractivity (Wildman–Crippen MR) is 86.3 cm³/mol. The number of carbonyl (C=O) groups excluding carboxylic acids is 1. The third kappa shape index (κ3) is 2.40. The number of ether oxygens (including phenoxy) is 3. The highest BCUT2D eigenvalue weighted by molar-refractivity contribution is 5.70. The third-order valence-corrected chi connectivity index (χ3v) is 5.75. The smallest absolute Gasteiger partial charge is 0.408 e. The average molecular weight is 330 g/mol. The minimum atomic E-state index is -0.329. The number of likely N-dealkylation sites (tertiary alicyclic amines) is 1. The molecular weight excluding hydrogens is 308 g/mol. The quantitative estimate of drug-likeness (QED) is 0.920. The zero-order chi connectivity index (χ0) is 16.1. The third-order valence-electron chi connectivity index (χ3n) is 5.75. The first-order valence-corrected chi connectivity index (χ1v) is 8.87. The van der Waals surface area contributed by atoms with Crippen LogP contribution in [0.1, 0.15) is 30.9 Å². The molecule has 3 fully saturated rings. The summed E-state index contributed by atoms with van der Waals surface area (Å²) in [6, 6.07) is 6.50. The summed E-state index contributed by atoms with van der Waals surface area (Å²) in [6.07, 6.45) is 3.37. The van der Waals surface area contributed by atoms with Crippen molar-refractivity contribution in [3.63, 3.8) is 0 Å². The zero-order valence-corrected chi connectivity index (χ0v) is 13.6. The van der Waals surface area contributed by atoms with Gasteiger partial charge in [-0.2, -0.15) is 0 Å². The molecule has 0 spiro atoms. The standard InChI is InChI=1S/C18H22N2O4/c21-18-19-14(10-20-9-11-1-3-13(20)7-11)17(24-18)12-2-4-15-16(8-12)23-6-5-22-15/h2,4,8,11,13-14,17H,1,3,5-7,9-10H2,(H,19,21). The molecule has 0 radical (unpaired) electrons. The van der Waals surface area contributed by atoms with Crippen LogP contribution >= 0.6 is 0 Å². The first kappa shape index (κ1) is 14.4. The monoisotopic (exact) mass is 330 g/mol.